The van der Waals surface area contributed by atoms with Gasteiger partial charge in [-0.05, 0) is 50.6 Å². The highest BCUT2D eigenvalue weighted by Crippen LogP contribution is 2.15. The summed E-state index contributed by atoms with van der Waals surface area (Å²) in [5.41, 5.74) is 3.18. The number of aromatic nitrogens is 4. The molecule has 0 bridgehead atoms. The van der Waals surface area contributed by atoms with Gasteiger partial charge in [0.25, 0.3) is 5.91 Å². The van der Waals surface area contributed by atoms with E-state index in [0.717, 1.165) is 17.0 Å². The van der Waals surface area contributed by atoms with Crippen LogP contribution in [-0.4, -0.2) is 45.6 Å². The Bertz CT molecular complexity index is 922. The summed E-state index contributed by atoms with van der Waals surface area (Å²) in [6.07, 6.45) is 0. The number of nitrogens with one attached hydrogen (secondary N) is 2. The molecule has 2 heterocycles. The van der Waals surface area contributed by atoms with Crippen molar-refractivity contribution in [1.29, 1.82) is 0 Å². The molecule has 0 aliphatic heterocycles. The first-order valence-electron chi connectivity index (χ1n) is 9.10. The van der Waals surface area contributed by atoms with Gasteiger partial charge < -0.3 is 15.4 Å². The number of carbonyl (C=O) groups excluding carboxylic acids is 1. The van der Waals surface area contributed by atoms with Crippen molar-refractivity contribution >= 4 is 11.7 Å². The van der Waals surface area contributed by atoms with Crippen LogP contribution in [0.4, 0.5) is 5.82 Å². The first-order chi connectivity index (χ1) is 13.5. The quantitative estimate of drug-likeness (QED) is 0.582. The van der Waals surface area contributed by atoms with Gasteiger partial charge >= 0.3 is 0 Å². The van der Waals surface area contributed by atoms with Gasteiger partial charge in [-0.25, -0.2) is 4.68 Å². The lowest BCUT2D eigenvalue weighted by atomic mass is 10.2. The molecule has 0 unspecified atom stereocenters. The van der Waals surface area contributed by atoms with Crippen molar-refractivity contribution in [3.8, 4) is 11.6 Å². The van der Waals surface area contributed by atoms with Crippen LogP contribution in [0.3, 0.4) is 0 Å². The normalized spacial score (nSPS) is 10.5. The zero-order valence-electron chi connectivity index (χ0n) is 16.3. The molecular weight excluding hydrogens is 356 g/mol. The second-order valence-electron chi connectivity index (χ2n) is 6.36. The van der Waals surface area contributed by atoms with Gasteiger partial charge in [0.1, 0.15) is 11.6 Å². The van der Waals surface area contributed by atoms with E-state index in [2.05, 4.69) is 25.9 Å². The Morgan fingerprint density at radius 3 is 2.46 bits per heavy atom. The van der Waals surface area contributed by atoms with Crippen LogP contribution in [0, 0.1) is 20.8 Å². The molecule has 3 rings (SSSR count). The largest absolute Gasteiger partial charge is 0.484 e. The minimum Gasteiger partial charge on any atom is -0.484 e. The lowest BCUT2D eigenvalue weighted by Crippen LogP contribution is -2.32. The van der Waals surface area contributed by atoms with Crippen LogP contribution in [0.15, 0.2) is 42.5 Å². The van der Waals surface area contributed by atoms with Gasteiger partial charge in [0.15, 0.2) is 12.4 Å². The van der Waals surface area contributed by atoms with Crippen molar-refractivity contribution in [2.75, 3.05) is 25.0 Å². The summed E-state index contributed by atoms with van der Waals surface area (Å²) in [6, 6.07) is 12.9. The maximum Gasteiger partial charge on any atom is 0.258 e. The molecule has 3 aromatic rings. The van der Waals surface area contributed by atoms with Crippen molar-refractivity contribution in [3.63, 3.8) is 0 Å². The van der Waals surface area contributed by atoms with Gasteiger partial charge in [-0.3, -0.25) is 4.79 Å². The molecule has 8 heteroatoms. The molecular formula is C20H24N6O2. The number of nitrogens with zero attached hydrogens (tertiary/aromatic N) is 4. The highest BCUT2D eigenvalue weighted by atomic mass is 16.5. The van der Waals surface area contributed by atoms with E-state index in [9.17, 15) is 4.79 Å². The summed E-state index contributed by atoms with van der Waals surface area (Å²) in [5.74, 6) is 1.80. The summed E-state index contributed by atoms with van der Waals surface area (Å²) in [7, 11) is 0. The van der Waals surface area contributed by atoms with E-state index in [1.54, 1.807) is 4.68 Å². The van der Waals surface area contributed by atoms with Crippen LogP contribution in [-0.2, 0) is 4.79 Å². The Balaban J connectivity index is 1.41. The first-order valence-corrected chi connectivity index (χ1v) is 9.10. The van der Waals surface area contributed by atoms with Crippen LogP contribution in [0.25, 0.3) is 5.82 Å². The van der Waals surface area contributed by atoms with Crippen LogP contribution < -0.4 is 15.4 Å². The molecule has 0 atom stereocenters. The fraction of sp³-hybridized carbons (Fsp3) is 0.300. The van der Waals surface area contributed by atoms with Crippen LogP contribution >= 0.6 is 0 Å². The molecule has 0 aliphatic rings. The van der Waals surface area contributed by atoms with Gasteiger partial charge in [0, 0.05) is 18.8 Å². The number of hydrogen-bond acceptors (Lipinski definition) is 6. The Labute approximate surface area is 163 Å². The number of hydrogen-bond donors (Lipinski definition) is 2. The highest BCUT2D eigenvalue weighted by Gasteiger charge is 2.10. The number of amides is 1. The van der Waals surface area contributed by atoms with E-state index in [-0.39, 0.29) is 12.5 Å². The Kier molecular flexibility index (Phi) is 6.21. The minimum absolute atomic E-state index is 0.0133. The third-order valence-corrected chi connectivity index (χ3v) is 4.39. The first kappa shape index (κ1) is 19.3. The zero-order valence-corrected chi connectivity index (χ0v) is 16.3. The van der Waals surface area contributed by atoms with E-state index in [1.807, 2.05) is 63.2 Å². The van der Waals surface area contributed by atoms with E-state index in [0.29, 0.717) is 30.5 Å². The lowest BCUT2D eigenvalue weighted by Gasteiger charge is -2.09. The number of anilines is 1. The van der Waals surface area contributed by atoms with Gasteiger partial charge in [-0.2, -0.15) is 5.10 Å². The number of rotatable bonds is 8. The molecule has 0 fully saturated rings. The lowest BCUT2D eigenvalue weighted by molar-refractivity contribution is -0.123. The SMILES string of the molecule is Cc1nn(-c2ccc(NCCNC(=O)COc3ccccc3)nn2)c(C)c1C. The molecule has 1 aromatic carbocycles. The topological polar surface area (TPSA) is 94.0 Å². The maximum atomic E-state index is 11.8. The monoisotopic (exact) mass is 380 g/mol. The van der Waals surface area contributed by atoms with Crippen molar-refractivity contribution < 1.29 is 9.53 Å². The molecule has 0 spiro atoms. The van der Waals surface area contributed by atoms with Gasteiger partial charge in [-0.15, -0.1) is 10.2 Å². The summed E-state index contributed by atoms with van der Waals surface area (Å²) in [4.78, 5) is 11.8. The fourth-order valence-corrected chi connectivity index (χ4v) is 2.59. The molecule has 0 aliphatic carbocycles. The summed E-state index contributed by atoms with van der Waals surface area (Å²) in [5, 5.41) is 18.8. The van der Waals surface area contributed by atoms with Crippen LogP contribution in [0.5, 0.6) is 5.75 Å². The minimum atomic E-state index is -0.174. The van der Waals surface area contributed by atoms with Crippen LogP contribution in [0.2, 0.25) is 0 Å². The molecule has 0 saturated carbocycles. The van der Waals surface area contributed by atoms with E-state index < -0.39 is 0 Å². The van der Waals surface area contributed by atoms with Crippen molar-refractivity contribution in [2.45, 2.75) is 20.8 Å². The summed E-state index contributed by atoms with van der Waals surface area (Å²) >= 11 is 0. The van der Waals surface area contributed by atoms with E-state index in [1.165, 1.54) is 0 Å². The number of aryl methyl sites for hydroxylation is 1. The van der Waals surface area contributed by atoms with Crippen molar-refractivity contribution in [3.05, 3.63) is 59.4 Å². The number of para-hydroxylation sites is 1. The Morgan fingerprint density at radius 2 is 1.82 bits per heavy atom. The van der Waals surface area contributed by atoms with Gasteiger partial charge in [0.05, 0.1) is 5.69 Å². The van der Waals surface area contributed by atoms with E-state index >= 15 is 0 Å². The average Bonchev–Trinajstić information content (AvgIpc) is 2.98. The standard InChI is InChI=1S/C20H24N6O2/c1-14-15(2)25-26(16(14)3)19-10-9-18(23-24-19)21-11-12-22-20(27)13-28-17-7-5-4-6-8-17/h4-10H,11-13H2,1-3H3,(H,21,23)(H,22,27). The molecule has 146 valence electrons. The van der Waals surface area contributed by atoms with Crippen molar-refractivity contribution in [2.24, 2.45) is 0 Å². The zero-order chi connectivity index (χ0) is 19.9. The van der Waals surface area contributed by atoms with Gasteiger partial charge in [0.2, 0.25) is 0 Å². The second kappa shape index (κ2) is 8.98. The third kappa shape index (κ3) is 4.85. The molecule has 2 N–H and O–H groups in total. The summed E-state index contributed by atoms with van der Waals surface area (Å²) < 4.78 is 7.18. The molecule has 0 saturated heterocycles. The number of ether oxygens (including phenoxy) is 1. The third-order valence-electron chi connectivity index (χ3n) is 4.39. The molecule has 0 radical (unpaired) electrons. The van der Waals surface area contributed by atoms with Gasteiger partial charge in [-0.1, -0.05) is 18.2 Å². The molecule has 1 amide bonds. The smallest absolute Gasteiger partial charge is 0.258 e. The molecule has 28 heavy (non-hydrogen) atoms. The Morgan fingerprint density at radius 1 is 1.04 bits per heavy atom. The number of benzene rings is 1. The van der Waals surface area contributed by atoms with E-state index in [4.69, 9.17) is 4.74 Å². The maximum absolute atomic E-state index is 11.8. The average molecular weight is 380 g/mol. The predicted molar refractivity (Wildman–Crippen MR) is 107 cm³/mol. The predicted octanol–water partition coefficient (Wildman–Crippen LogP) is 2.19. The van der Waals surface area contributed by atoms with Crippen molar-refractivity contribution in [1.82, 2.24) is 25.3 Å². The molecule has 8 nitrogen and oxygen atoms in total. The number of carbonyl (C=O) groups is 1. The van der Waals surface area contributed by atoms with Crippen LogP contribution in [0.1, 0.15) is 17.0 Å². The summed E-state index contributed by atoms with van der Waals surface area (Å²) in [6.45, 7) is 6.99. The highest BCUT2D eigenvalue weighted by molar-refractivity contribution is 5.77. The molecule has 2 aromatic heterocycles. The second-order valence-corrected chi connectivity index (χ2v) is 6.36. The Hall–Kier alpha value is -3.42. The fourth-order valence-electron chi connectivity index (χ4n) is 2.59.